The van der Waals surface area contributed by atoms with E-state index in [0.717, 1.165) is 55.6 Å². The normalized spacial score (nSPS) is 51.2. The summed E-state index contributed by atoms with van der Waals surface area (Å²) in [6.45, 7) is 4.68. The van der Waals surface area contributed by atoms with Crippen LogP contribution in [-0.4, -0.2) is 11.5 Å². The fourth-order valence-corrected chi connectivity index (χ4v) is 7.36. The third-order valence-corrected chi connectivity index (χ3v) is 8.59. The number of rotatable bonds is 1. The summed E-state index contributed by atoms with van der Waals surface area (Å²) in [4.78, 5) is 12.5. The number of carbonyl (C=O) groups excluding carboxylic acids is 1. The Balaban J connectivity index is 1.68. The molecule has 22 heavy (non-hydrogen) atoms. The Labute approximate surface area is 134 Å². The molecular weight excluding hydrogens is 270 g/mol. The molecule has 122 valence electrons. The molecule has 0 aromatic rings. The number of Topliss-reactive ketones (excluding diaryl/α,β-unsaturated/α-hetero) is 1. The monoisotopic (exact) mass is 301 g/mol. The number of carbonyl (C=O) groups is 1. The van der Waals surface area contributed by atoms with E-state index in [1.807, 2.05) is 0 Å². The lowest BCUT2D eigenvalue weighted by molar-refractivity contribution is -0.138. The van der Waals surface area contributed by atoms with E-state index in [-0.39, 0.29) is 5.41 Å². The maximum atomic E-state index is 12.5. The molecule has 4 fully saturated rings. The highest BCUT2D eigenvalue weighted by Gasteiger charge is 2.60. The van der Waals surface area contributed by atoms with Gasteiger partial charge in [-0.1, -0.05) is 13.8 Å². The topological polar surface area (TPSA) is 40.9 Å². The second kappa shape index (κ2) is 4.92. The highest BCUT2D eigenvalue weighted by molar-refractivity contribution is 5.87. The van der Waals surface area contributed by atoms with Crippen LogP contribution in [-0.2, 0) is 4.79 Å². The second-order valence-electron chi connectivity index (χ2n) is 8.96. The van der Waals surface area contributed by atoms with Crippen LogP contribution in [0.2, 0.25) is 0 Å². The summed E-state index contributed by atoms with van der Waals surface area (Å²) >= 11 is 0. The zero-order valence-corrected chi connectivity index (χ0v) is 14.3. The zero-order chi connectivity index (χ0) is 15.5. The first kappa shape index (κ1) is 14.9. The van der Waals surface area contributed by atoms with Gasteiger partial charge in [0.25, 0.3) is 0 Å². The van der Waals surface area contributed by atoms with Crippen molar-refractivity contribution < 1.29 is 4.79 Å². The van der Waals surface area contributed by atoms with Gasteiger partial charge in [0.1, 0.15) is 5.78 Å². The molecule has 4 aliphatic rings. The van der Waals surface area contributed by atoms with Gasteiger partial charge >= 0.3 is 0 Å². The molecule has 6 atom stereocenters. The number of hydrogen-bond acceptors (Lipinski definition) is 2. The van der Waals surface area contributed by atoms with Gasteiger partial charge in [-0.2, -0.15) is 0 Å². The summed E-state index contributed by atoms with van der Waals surface area (Å²) in [6, 6.07) is 0. The summed E-state index contributed by atoms with van der Waals surface area (Å²) in [5.41, 5.74) is 1.52. The third-order valence-electron chi connectivity index (χ3n) is 8.59. The van der Waals surface area contributed by atoms with E-state index in [2.05, 4.69) is 13.8 Å². The number of nitrogens with one attached hydrogen (secondary N) is 1. The first-order chi connectivity index (χ1) is 10.5. The van der Waals surface area contributed by atoms with E-state index in [9.17, 15) is 4.79 Å². The molecular formula is C20H31NO. The van der Waals surface area contributed by atoms with Gasteiger partial charge in [0.15, 0.2) is 0 Å². The molecule has 4 aliphatic carbocycles. The maximum Gasteiger partial charge on any atom is 0.139 e. The van der Waals surface area contributed by atoms with Gasteiger partial charge in [-0.05, 0) is 86.9 Å². The molecule has 2 heteroatoms. The molecule has 0 saturated heterocycles. The molecule has 0 aromatic heterocycles. The van der Waals surface area contributed by atoms with Crippen molar-refractivity contribution in [3.8, 4) is 0 Å². The van der Waals surface area contributed by atoms with Gasteiger partial charge in [0.2, 0.25) is 0 Å². The first-order valence-electron chi connectivity index (χ1n) is 9.61. The lowest BCUT2D eigenvalue weighted by Crippen LogP contribution is -2.54. The Hall–Kier alpha value is -0.660. The van der Waals surface area contributed by atoms with E-state index in [0.29, 0.717) is 17.1 Å². The molecule has 0 spiro atoms. The molecule has 4 saturated carbocycles. The largest absolute Gasteiger partial charge is 0.310 e. The Morgan fingerprint density at radius 2 is 1.91 bits per heavy atom. The third kappa shape index (κ3) is 1.79. The van der Waals surface area contributed by atoms with Crippen LogP contribution < -0.4 is 0 Å². The van der Waals surface area contributed by atoms with Gasteiger partial charge in [0.05, 0.1) is 0 Å². The average Bonchev–Trinajstić information content (AvgIpc) is 2.82. The molecule has 2 nitrogen and oxygen atoms in total. The van der Waals surface area contributed by atoms with E-state index in [1.54, 1.807) is 0 Å². The van der Waals surface area contributed by atoms with Crippen molar-refractivity contribution >= 4 is 11.5 Å². The number of hydrogen-bond donors (Lipinski definition) is 1. The van der Waals surface area contributed by atoms with Crippen LogP contribution in [0.25, 0.3) is 0 Å². The number of fused-ring (bicyclic) bond motifs is 5. The van der Waals surface area contributed by atoms with E-state index in [1.165, 1.54) is 32.1 Å². The SMILES string of the molecule is CC[C@]12CCC(=N)CC1CCC1C2CC[C@]2(C)C(=O)CCC12. The van der Waals surface area contributed by atoms with Crippen LogP contribution in [0.15, 0.2) is 0 Å². The zero-order valence-electron chi connectivity index (χ0n) is 14.3. The molecule has 0 amide bonds. The lowest BCUT2D eigenvalue weighted by atomic mass is 9.44. The van der Waals surface area contributed by atoms with Crippen LogP contribution in [0.5, 0.6) is 0 Å². The fraction of sp³-hybridized carbons (Fsp3) is 0.900. The van der Waals surface area contributed by atoms with Crippen molar-refractivity contribution in [3.05, 3.63) is 0 Å². The molecule has 0 aromatic carbocycles. The fourth-order valence-electron chi connectivity index (χ4n) is 7.36. The molecule has 0 bridgehead atoms. The predicted molar refractivity (Wildman–Crippen MR) is 89.1 cm³/mol. The molecule has 0 radical (unpaired) electrons. The Bertz CT molecular complexity index is 512. The summed E-state index contributed by atoms with van der Waals surface area (Å²) in [6.07, 6.45) is 11.7. The van der Waals surface area contributed by atoms with Gasteiger partial charge in [-0.25, -0.2) is 0 Å². The highest BCUT2D eigenvalue weighted by Crippen LogP contribution is 2.66. The summed E-state index contributed by atoms with van der Waals surface area (Å²) < 4.78 is 0. The van der Waals surface area contributed by atoms with E-state index in [4.69, 9.17) is 5.41 Å². The lowest BCUT2D eigenvalue weighted by Gasteiger charge is -2.60. The first-order valence-corrected chi connectivity index (χ1v) is 9.61. The molecule has 0 aliphatic heterocycles. The molecule has 4 unspecified atom stereocenters. The average molecular weight is 301 g/mol. The summed E-state index contributed by atoms with van der Waals surface area (Å²) in [5, 5.41) is 8.14. The van der Waals surface area contributed by atoms with Crippen LogP contribution in [0.1, 0.15) is 78.1 Å². The van der Waals surface area contributed by atoms with Crippen molar-refractivity contribution in [1.82, 2.24) is 0 Å². The molecule has 4 rings (SSSR count). The van der Waals surface area contributed by atoms with Crippen molar-refractivity contribution in [1.29, 1.82) is 5.41 Å². The Kier molecular flexibility index (Phi) is 3.33. The van der Waals surface area contributed by atoms with Gasteiger partial charge in [-0.3, -0.25) is 4.79 Å². The second-order valence-corrected chi connectivity index (χ2v) is 8.96. The van der Waals surface area contributed by atoms with Crippen molar-refractivity contribution in [3.63, 3.8) is 0 Å². The van der Waals surface area contributed by atoms with Gasteiger partial charge in [0, 0.05) is 17.5 Å². The van der Waals surface area contributed by atoms with Gasteiger partial charge in [-0.15, -0.1) is 0 Å². The molecule has 0 heterocycles. The Morgan fingerprint density at radius 3 is 2.68 bits per heavy atom. The number of ketones is 1. The van der Waals surface area contributed by atoms with Crippen molar-refractivity contribution in [2.24, 2.45) is 34.5 Å². The standard InChI is InChI=1S/C20H31NO/c1-3-20-11-8-14(21)12-13(20)4-5-15-16-6-7-18(22)19(16,2)10-9-17(15)20/h13,15-17,21H,3-12H2,1-2H3/t13?,15?,16?,17?,19-,20-/m0/s1. The highest BCUT2D eigenvalue weighted by atomic mass is 16.1. The van der Waals surface area contributed by atoms with Gasteiger partial charge < -0.3 is 5.41 Å². The minimum Gasteiger partial charge on any atom is -0.310 e. The molecule has 1 N–H and O–H groups in total. The van der Waals surface area contributed by atoms with Crippen LogP contribution >= 0.6 is 0 Å². The maximum absolute atomic E-state index is 12.5. The summed E-state index contributed by atoms with van der Waals surface area (Å²) in [5.74, 6) is 3.64. The minimum absolute atomic E-state index is 0.0182. The smallest absolute Gasteiger partial charge is 0.139 e. The minimum atomic E-state index is 0.0182. The quantitative estimate of drug-likeness (QED) is 0.727. The van der Waals surface area contributed by atoms with Crippen LogP contribution in [0.3, 0.4) is 0 Å². The summed E-state index contributed by atoms with van der Waals surface area (Å²) in [7, 11) is 0. The van der Waals surface area contributed by atoms with E-state index >= 15 is 0 Å². The van der Waals surface area contributed by atoms with E-state index < -0.39 is 0 Å². The Morgan fingerprint density at radius 1 is 1.09 bits per heavy atom. The van der Waals surface area contributed by atoms with Crippen LogP contribution in [0, 0.1) is 39.9 Å². The van der Waals surface area contributed by atoms with Crippen molar-refractivity contribution in [2.75, 3.05) is 0 Å². The predicted octanol–water partition coefficient (Wildman–Crippen LogP) is 5.01. The van der Waals surface area contributed by atoms with Crippen LogP contribution in [0.4, 0.5) is 0 Å². The van der Waals surface area contributed by atoms with Crippen molar-refractivity contribution in [2.45, 2.75) is 78.1 Å².